The highest BCUT2D eigenvalue weighted by molar-refractivity contribution is 5.76. The number of imidazole rings is 1. The van der Waals surface area contributed by atoms with Crippen LogP contribution in [0.5, 0.6) is 0 Å². The van der Waals surface area contributed by atoms with Crippen LogP contribution in [-0.4, -0.2) is 62.7 Å². The van der Waals surface area contributed by atoms with Gasteiger partial charge in [-0.2, -0.15) is 0 Å². The van der Waals surface area contributed by atoms with E-state index in [2.05, 4.69) is 37.3 Å². The van der Waals surface area contributed by atoms with Crippen molar-refractivity contribution >= 4 is 16.9 Å². The van der Waals surface area contributed by atoms with Crippen molar-refractivity contribution in [3.8, 4) is 5.82 Å². The summed E-state index contributed by atoms with van der Waals surface area (Å²) in [4.78, 5) is 15.4. The summed E-state index contributed by atoms with van der Waals surface area (Å²) < 4.78 is 1.98. The number of anilines is 1. The Morgan fingerprint density at radius 2 is 1.83 bits per heavy atom. The molecule has 1 N–H and O–H groups in total. The molecule has 4 rings (SSSR count). The number of hydrogen-bond acceptors (Lipinski definition) is 6. The minimum absolute atomic E-state index is 0.803. The van der Waals surface area contributed by atoms with Crippen molar-refractivity contribution in [1.29, 1.82) is 0 Å². The van der Waals surface area contributed by atoms with E-state index in [1.54, 1.807) is 12.7 Å². The number of para-hydroxylation sites is 2. The third-order valence-corrected chi connectivity index (χ3v) is 4.13. The molecule has 7 heteroatoms. The van der Waals surface area contributed by atoms with Crippen LogP contribution in [0.25, 0.3) is 16.9 Å². The highest BCUT2D eigenvalue weighted by Gasteiger charge is 2.14. The van der Waals surface area contributed by atoms with E-state index in [1.165, 1.54) is 0 Å². The van der Waals surface area contributed by atoms with Gasteiger partial charge in [-0.25, -0.2) is 20.0 Å². The standard InChI is InChI=1S/C16H19N7/c1-21-6-8-22(9-7-21)20-15-10-16(18-11-17-15)23-12-19-13-4-2-3-5-14(13)23/h2-5,10-12H,6-9H2,1H3,(H,17,18,20). The Kier molecular flexibility index (Phi) is 3.64. The van der Waals surface area contributed by atoms with E-state index in [1.807, 2.05) is 34.9 Å². The fourth-order valence-electron chi connectivity index (χ4n) is 2.76. The first-order valence-electron chi connectivity index (χ1n) is 7.74. The summed E-state index contributed by atoms with van der Waals surface area (Å²) >= 11 is 0. The number of rotatable bonds is 3. The predicted octanol–water partition coefficient (Wildman–Crippen LogP) is 1.39. The third-order valence-electron chi connectivity index (χ3n) is 4.13. The molecular weight excluding hydrogens is 290 g/mol. The molecule has 1 aliphatic rings. The van der Waals surface area contributed by atoms with Gasteiger partial charge in [-0.1, -0.05) is 12.1 Å². The lowest BCUT2D eigenvalue weighted by molar-refractivity contribution is 0.178. The van der Waals surface area contributed by atoms with Crippen LogP contribution >= 0.6 is 0 Å². The van der Waals surface area contributed by atoms with E-state index in [-0.39, 0.29) is 0 Å². The maximum absolute atomic E-state index is 4.41. The summed E-state index contributed by atoms with van der Waals surface area (Å²) in [6.07, 6.45) is 3.38. The molecule has 0 amide bonds. The van der Waals surface area contributed by atoms with Gasteiger partial charge >= 0.3 is 0 Å². The Hall–Kier alpha value is -2.51. The van der Waals surface area contributed by atoms with Crippen LogP contribution in [0.2, 0.25) is 0 Å². The first kappa shape index (κ1) is 14.1. The van der Waals surface area contributed by atoms with E-state index >= 15 is 0 Å². The molecule has 2 aromatic heterocycles. The molecule has 1 fully saturated rings. The molecule has 0 bridgehead atoms. The molecule has 0 saturated carbocycles. The van der Waals surface area contributed by atoms with Gasteiger partial charge in [-0.3, -0.25) is 4.57 Å². The van der Waals surface area contributed by atoms with E-state index in [0.717, 1.165) is 48.8 Å². The first-order chi connectivity index (χ1) is 11.3. The molecule has 0 radical (unpaired) electrons. The number of piperazine rings is 1. The average Bonchev–Trinajstić information content (AvgIpc) is 3.01. The van der Waals surface area contributed by atoms with Gasteiger partial charge in [0.1, 0.15) is 24.3 Å². The van der Waals surface area contributed by atoms with Crippen LogP contribution in [0.15, 0.2) is 43.0 Å². The van der Waals surface area contributed by atoms with Crippen molar-refractivity contribution in [2.24, 2.45) is 0 Å². The smallest absolute Gasteiger partial charge is 0.145 e. The molecule has 1 aromatic carbocycles. The van der Waals surface area contributed by atoms with Crippen LogP contribution in [0.1, 0.15) is 0 Å². The fraction of sp³-hybridized carbons (Fsp3) is 0.312. The first-order valence-corrected chi connectivity index (χ1v) is 7.74. The lowest BCUT2D eigenvalue weighted by Crippen LogP contribution is -2.47. The van der Waals surface area contributed by atoms with Crippen LogP contribution in [0.4, 0.5) is 5.82 Å². The molecule has 1 saturated heterocycles. The third kappa shape index (κ3) is 2.88. The van der Waals surface area contributed by atoms with E-state index < -0.39 is 0 Å². The van der Waals surface area contributed by atoms with Crippen molar-refractivity contribution in [2.75, 3.05) is 38.7 Å². The normalized spacial score (nSPS) is 16.7. The zero-order valence-electron chi connectivity index (χ0n) is 13.1. The monoisotopic (exact) mass is 309 g/mol. The molecule has 0 unspecified atom stereocenters. The zero-order valence-corrected chi connectivity index (χ0v) is 13.1. The molecule has 0 atom stereocenters. The summed E-state index contributed by atoms with van der Waals surface area (Å²) in [5, 5.41) is 2.19. The number of nitrogens with one attached hydrogen (secondary N) is 1. The van der Waals surface area contributed by atoms with Crippen LogP contribution in [-0.2, 0) is 0 Å². The molecular formula is C16H19N7. The molecule has 0 aliphatic carbocycles. The number of fused-ring (bicyclic) bond motifs is 1. The van der Waals surface area contributed by atoms with Gasteiger partial charge in [-0.15, -0.1) is 0 Å². The van der Waals surface area contributed by atoms with E-state index in [9.17, 15) is 0 Å². The fourth-order valence-corrected chi connectivity index (χ4v) is 2.76. The SMILES string of the molecule is CN1CCN(Nc2cc(-n3cnc4ccccc43)ncn2)CC1. The summed E-state index contributed by atoms with van der Waals surface area (Å²) in [5.74, 6) is 1.61. The molecule has 118 valence electrons. The van der Waals surface area contributed by atoms with Crippen LogP contribution < -0.4 is 5.43 Å². The summed E-state index contributed by atoms with van der Waals surface area (Å²) in [5.41, 5.74) is 5.37. The topological polar surface area (TPSA) is 62.1 Å². The molecule has 23 heavy (non-hydrogen) atoms. The van der Waals surface area contributed by atoms with Crippen LogP contribution in [0, 0.1) is 0 Å². The Balaban J connectivity index is 1.59. The Bertz CT molecular complexity index is 805. The lowest BCUT2D eigenvalue weighted by Gasteiger charge is -2.32. The van der Waals surface area contributed by atoms with Crippen molar-refractivity contribution in [2.45, 2.75) is 0 Å². The minimum Gasteiger partial charge on any atom is -0.304 e. The Morgan fingerprint density at radius 1 is 1.00 bits per heavy atom. The van der Waals surface area contributed by atoms with Crippen LogP contribution in [0.3, 0.4) is 0 Å². The van der Waals surface area contributed by atoms with Crippen molar-refractivity contribution in [3.63, 3.8) is 0 Å². The average molecular weight is 309 g/mol. The lowest BCUT2D eigenvalue weighted by atomic mass is 10.3. The van der Waals surface area contributed by atoms with Gasteiger partial charge in [0, 0.05) is 32.2 Å². The highest BCUT2D eigenvalue weighted by atomic mass is 15.5. The number of benzene rings is 1. The largest absolute Gasteiger partial charge is 0.304 e. The summed E-state index contributed by atoms with van der Waals surface area (Å²) in [6, 6.07) is 9.98. The number of hydrazine groups is 1. The highest BCUT2D eigenvalue weighted by Crippen LogP contribution is 2.17. The predicted molar refractivity (Wildman–Crippen MR) is 89.4 cm³/mol. The maximum Gasteiger partial charge on any atom is 0.145 e. The Morgan fingerprint density at radius 3 is 2.70 bits per heavy atom. The van der Waals surface area contributed by atoms with E-state index in [4.69, 9.17) is 0 Å². The van der Waals surface area contributed by atoms with Crippen molar-refractivity contribution < 1.29 is 0 Å². The summed E-state index contributed by atoms with van der Waals surface area (Å²) in [7, 11) is 2.14. The maximum atomic E-state index is 4.41. The number of hydrogen-bond donors (Lipinski definition) is 1. The van der Waals surface area contributed by atoms with E-state index in [0.29, 0.717) is 0 Å². The van der Waals surface area contributed by atoms with Gasteiger partial charge < -0.3 is 10.3 Å². The van der Waals surface area contributed by atoms with Gasteiger partial charge in [0.15, 0.2) is 0 Å². The number of likely N-dealkylation sites (N-methyl/N-ethyl adjacent to an activating group) is 1. The second-order valence-electron chi connectivity index (χ2n) is 5.77. The Labute approximate surface area is 134 Å². The molecule has 3 heterocycles. The number of aromatic nitrogens is 4. The molecule has 3 aromatic rings. The molecule has 0 spiro atoms. The minimum atomic E-state index is 0.803. The molecule has 1 aliphatic heterocycles. The second-order valence-corrected chi connectivity index (χ2v) is 5.77. The van der Waals surface area contributed by atoms with Gasteiger partial charge in [0.2, 0.25) is 0 Å². The van der Waals surface area contributed by atoms with Crippen molar-refractivity contribution in [1.82, 2.24) is 29.4 Å². The van der Waals surface area contributed by atoms with Gasteiger partial charge in [-0.05, 0) is 19.2 Å². The van der Waals surface area contributed by atoms with Crippen molar-refractivity contribution in [3.05, 3.63) is 43.0 Å². The van der Waals surface area contributed by atoms with Gasteiger partial charge in [0.25, 0.3) is 0 Å². The quantitative estimate of drug-likeness (QED) is 0.789. The summed E-state index contributed by atoms with van der Waals surface area (Å²) in [6.45, 7) is 4.06. The van der Waals surface area contributed by atoms with Gasteiger partial charge in [0.05, 0.1) is 11.0 Å². The second kappa shape index (κ2) is 5.94. The molecule has 7 nitrogen and oxygen atoms in total. The number of nitrogens with zero attached hydrogens (tertiary/aromatic N) is 6. The zero-order chi connectivity index (χ0) is 15.6.